The number of aryl methyl sites for hydroxylation is 1. The van der Waals surface area contributed by atoms with Gasteiger partial charge < -0.3 is 11.5 Å². The fourth-order valence-corrected chi connectivity index (χ4v) is 2.84. The Hall–Kier alpha value is -2.61. The quantitative estimate of drug-likeness (QED) is 0.722. The number of pyridine rings is 1. The van der Waals surface area contributed by atoms with Crippen molar-refractivity contribution in [1.29, 1.82) is 0 Å². The number of hydrogen-bond donors (Lipinski definition) is 3. The van der Waals surface area contributed by atoms with Crippen molar-refractivity contribution in [2.24, 2.45) is 5.73 Å². The number of nitrogens with zero attached hydrogens (tertiary/aromatic N) is 1. The van der Waals surface area contributed by atoms with Crippen molar-refractivity contribution in [2.75, 3.05) is 10.5 Å². The molecular formula is C13H14N4O3S. The molecule has 0 unspecified atom stereocenters. The first-order valence-electron chi connectivity index (χ1n) is 5.94. The Kier molecular flexibility index (Phi) is 3.81. The van der Waals surface area contributed by atoms with Crippen molar-refractivity contribution in [3.05, 3.63) is 47.7 Å². The van der Waals surface area contributed by atoms with E-state index in [0.717, 1.165) is 5.56 Å². The maximum atomic E-state index is 12.3. The van der Waals surface area contributed by atoms with E-state index in [0.29, 0.717) is 0 Å². The number of amides is 1. The van der Waals surface area contributed by atoms with Crippen LogP contribution in [0.15, 0.2) is 41.4 Å². The number of carbonyl (C=O) groups excluding carboxylic acids is 1. The van der Waals surface area contributed by atoms with Gasteiger partial charge in [-0.2, -0.15) is 0 Å². The number of rotatable bonds is 4. The molecule has 1 aromatic heterocycles. The number of hydrogen-bond acceptors (Lipinski definition) is 5. The minimum Gasteiger partial charge on any atom is -0.398 e. The van der Waals surface area contributed by atoms with Crippen molar-refractivity contribution in [2.45, 2.75) is 11.8 Å². The van der Waals surface area contributed by atoms with Crippen LogP contribution in [0.4, 0.5) is 11.5 Å². The third-order valence-electron chi connectivity index (χ3n) is 2.74. The van der Waals surface area contributed by atoms with E-state index in [4.69, 9.17) is 11.5 Å². The van der Waals surface area contributed by atoms with Crippen molar-refractivity contribution < 1.29 is 13.2 Å². The van der Waals surface area contributed by atoms with Crippen LogP contribution in [-0.2, 0) is 10.0 Å². The van der Waals surface area contributed by atoms with Gasteiger partial charge in [0.2, 0.25) is 5.91 Å². The minimum absolute atomic E-state index is 0.0635. The Morgan fingerprint density at radius 1 is 1.24 bits per heavy atom. The number of carbonyl (C=O) groups is 1. The number of anilines is 2. The Morgan fingerprint density at radius 3 is 2.52 bits per heavy atom. The number of nitrogens with one attached hydrogen (secondary N) is 1. The molecule has 0 saturated heterocycles. The van der Waals surface area contributed by atoms with Gasteiger partial charge in [0.05, 0.1) is 5.69 Å². The molecule has 7 nitrogen and oxygen atoms in total. The molecule has 2 rings (SSSR count). The summed E-state index contributed by atoms with van der Waals surface area (Å²) in [5.41, 5.74) is 11.7. The molecular weight excluding hydrogens is 292 g/mol. The smallest absolute Gasteiger partial charge is 0.265 e. The van der Waals surface area contributed by atoms with Crippen LogP contribution in [0.3, 0.4) is 0 Å². The van der Waals surface area contributed by atoms with E-state index in [-0.39, 0.29) is 22.0 Å². The van der Waals surface area contributed by atoms with Gasteiger partial charge >= 0.3 is 0 Å². The molecule has 5 N–H and O–H groups in total. The summed E-state index contributed by atoms with van der Waals surface area (Å²) in [6.45, 7) is 1.81. The van der Waals surface area contributed by atoms with E-state index < -0.39 is 15.9 Å². The second-order valence-electron chi connectivity index (χ2n) is 4.44. The lowest BCUT2D eigenvalue weighted by atomic mass is 10.2. The average Bonchev–Trinajstić information content (AvgIpc) is 2.37. The molecule has 2 aromatic rings. The predicted octanol–water partition coefficient (Wildman–Crippen LogP) is 0.872. The molecule has 0 atom stereocenters. The molecule has 0 aliphatic carbocycles. The van der Waals surface area contributed by atoms with Gasteiger partial charge in [-0.15, -0.1) is 0 Å². The topological polar surface area (TPSA) is 128 Å². The van der Waals surface area contributed by atoms with Gasteiger partial charge in [0.1, 0.15) is 10.7 Å². The predicted molar refractivity (Wildman–Crippen MR) is 79.2 cm³/mol. The van der Waals surface area contributed by atoms with Gasteiger partial charge in [0.15, 0.2) is 0 Å². The van der Waals surface area contributed by atoms with E-state index in [9.17, 15) is 13.2 Å². The van der Waals surface area contributed by atoms with Crippen molar-refractivity contribution in [3.8, 4) is 0 Å². The highest BCUT2D eigenvalue weighted by Gasteiger charge is 2.19. The zero-order valence-electron chi connectivity index (χ0n) is 11.2. The first-order valence-corrected chi connectivity index (χ1v) is 7.43. The molecule has 1 aromatic carbocycles. The van der Waals surface area contributed by atoms with E-state index >= 15 is 0 Å². The summed E-state index contributed by atoms with van der Waals surface area (Å²) in [7, 11) is -3.89. The number of aromatic nitrogens is 1. The molecule has 1 heterocycles. The van der Waals surface area contributed by atoms with E-state index in [1.807, 2.05) is 6.92 Å². The van der Waals surface area contributed by atoms with E-state index in [1.165, 1.54) is 24.4 Å². The second kappa shape index (κ2) is 5.41. The summed E-state index contributed by atoms with van der Waals surface area (Å²) in [4.78, 5) is 14.8. The number of primary amides is 1. The summed E-state index contributed by atoms with van der Waals surface area (Å²) < 4.78 is 26.9. The van der Waals surface area contributed by atoms with Gasteiger partial charge in [0, 0.05) is 11.8 Å². The first-order chi connectivity index (χ1) is 9.79. The van der Waals surface area contributed by atoms with Crippen molar-refractivity contribution in [1.82, 2.24) is 4.98 Å². The van der Waals surface area contributed by atoms with Crippen LogP contribution in [0, 0.1) is 6.92 Å². The molecule has 0 saturated carbocycles. The maximum absolute atomic E-state index is 12.3. The number of nitrogen functional groups attached to an aromatic ring is 1. The number of nitrogens with two attached hydrogens (primary N) is 2. The van der Waals surface area contributed by atoms with Gasteiger partial charge in [-0.3, -0.25) is 9.52 Å². The number of benzene rings is 1. The zero-order valence-corrected chi connectivity index (χ0v) is 12.0. The largest absolute Gasteiger partial charge is 0.398 e. The fourth-order valence-electron chi connectivity index (χ4n) is 1.73. The van der Waals surface area contributed by atoms with Gasteiger partial charge in [-0.1, -0.05) is 0 Å². The Balaban J connectivity index is 2.38. The van der Waals surface area contributed by atoms with Crippen LogP contribution < -0.4 is 16.2 Å². The van der Waals surface area contributed by atoms with Gasteiger partial charge in [-0.25, -0.2) is 13.4 Å². The standard InChI is InChI=1S/C13H14N4O3S/c1-8-4-5-16-12(6-8)17-21(19,20)11-3-2-9(13(15)18)7-10(11)14/h2-7H,14H2,1H3,(H2,15,18)(H,16,17). The highest BCUT2D eigenvalue weighted by atomic mass is 32.2. The SMILES string of the molecule is Cc1ccnc(NS(=O)(=O)c2ccc(C(N)=O)cc2N)c1. The summed E-state index contributed by atoms with van der Waals surface area (Å²) in [6, 6.07) is 7.09. The molecule has 0 aliphatic heterocycles. The van der Waals surface area contributed by atoms with Gasteiger partial charge in [-0.05, 0) is 42.8 Å². The van der Waals surface area contributed by atoms with Gasteiger partial charge in [0.25, 0.3) is 10.0 Å². The summed E-state index contributed by atoms with van der Waals surface area (Å²) in [6.07, 6.45) is 1.49. The molecule has 1 amide bonds. The maximum Gasteiger partial charge on any atom is 0.265 e. The molecule has 0 radical (unpaired) electrons. The molecule has 0 spiro atoms. The van der Waals surface area contributed by atoms with Crippen LogP contribution in [0.2, 0.25) is 0 Å². The molecule has 8 heteroatoms. The molecule has 0 bridgehead atoms. The van der Waals surface area contributed by atoms with Crippen molar-refractivity contribution in [3.63, 3.8) is 0 Å². The fraction of sp³-hybridized carbons (Fsp3) is 0.0769. The monoisotopic (exact) mass is 306 g/mol. The Bertz CT molecular complexity index is 803. The van der Waals surface area contributed by atoms with E-state index in [1.54, 1.807) is 12.1 Å². The lowest BCUT2D eigenvalue weighted by Gasteiger charge is -2.10. The Morgan fingerprint density at radius 2 is 1.95 bits per heavy atom. The highest BCUT2D eigenvalue weighted by Crippen LogP contribution is 2.22. The molecule has 110 valence electrons. The minimum atomic E-state index is -3.89. The average molecular weight is 306 g/mol. The second-order valence-corrected chi connectivity index (χ2v) is 6.09. The van der Waals surface area contributed by atoms with Crippen molar-refractivity contribution >= 4 is 27.4 Å². The first kappa shape index (κ1) is 14.8. The summed E-state index contributed by atoms with van der Waals surface area (Å²) >= 11 is 0. The number of sulfonamides is 1. The molecule has 0 fully saturated rings. The zero-order chi connectivity index (χ0) is 15.6. The summed E-state index contributed by atoms with van der Waals surface area (Å²) in [5, 5.41) is 0. The third kappa shape index (κ3) is 3.29. The Labute approximate surface area is 122 Å². The van der Waals surface area contributed by atoms with E-state index in [2.05, 4.69) is 9.71 Å². The lowest BCUT2D eigenvalue weighted by Crippen LogP contribution is -2.17. The normalized spacial score (nSPS) is 11.1. The highest BCUT2D eigenvalue weighted by molar-refractivity contribution is 7.92. The van der Waals surface area contributed by atoms with Crippen LogP contribution in [-0.4, -0.2) is 19.3 Å². The van der Waals surface area contributed by atoms with Crippen LogP contribution in [0.25, 0.3) is 0 Å². The van der Waals surface area contributed by atoms with Crippen LogP contribution in [0.5, 0.6) is 0 Å². The van der Waals surface area contributed by atoms with Crippen LogP contribution >= 0.6 is 0 Å². The summed E-state index contributed by atoms with van der Waals surface area (Å²) in [5.74, 6) is -0.493. The molecule has 0 aliphatic rings. The lowest BCUT2D eigenvalue weighted by molar-refractivity contribution is 0.1000. The third-order valence-corrected chi connectivity index (χ3v) is 4.17. The molecule has 21 heavy (non-hydrogen) atoms. The van der Waals surface area contributed by atoms with Crippen LogP contribution in [0.1, 0.15) is 15.9 Å².